The molecule has 1 saturated heterocycles. The van der Waals surface area contributed by atoms with Crippen LogP contribution in [0.1, 0.15) is 66.7 Å². The van der Waals surface area contributed by atoms with Crippen molar-refractivity contribution in [2.75, 3.05) is 6.61 Å². The second-order valence-electron chi connectivity index (χ2n) is 7.90. The van der Waals surface area contributed by atoms with Gasteiger partial charge in [0.05, 0.1) is 12.2 Å². The van der Waals surface area contributed by atoms with Crippen molar-refractivity contribution in [2.45, 2.75) is 91.3 Å². The molecule has 2 N–H and O–H groups in total. The van der Waals surface area contributed by atoms with Gasteiger partial charge in [-0.25, -0.2) is 0 Å². The molecule has 0 aromatic rings. The van der Waals surface area contributed by atoms with Crippen LogP contribution in [0.15, 0.2) is 0 Å². The van der Waals surface area contributed by atoms with E-state index in [4.69, 9.17) is 9.47 Å². The normalized spacial score (nSPS) is 32.0. The minimum absolute atomic E-state index is 0.0467. The van der Waals surface area contributed by atoms with E-state index in [0.717, 1.165) is 12.8 Å². The predicted molar refractivity (Wildman–Crippen MR) is 89.0 cm³/mol. The molecule has 23 heavy (non-hydrogen) atoms. The monoisotopic (exact) mass is 330 g/mol. The quantitative estimate of drug-likeness (QED) is 0.669. The van der Waals surface area contributed by atoms with Crippen molar-refractivity contribution in [3.63, 3.8) is 0 Å². The minimum atomic E-state index is -0.857. The van der Waals surface area contributed by atoms with E-state index < -0.39 is 18.5 Å². The van der Waals surface area contributed by atoms with E-state index in [1.165, 1.54) is 0 Å². The van der Waals surface area contributed by atoms with Crippen LogP contribution in [0.4, 0.5) is 0 Å². The van der Waals surface area contributed by atoms with Crippen molar-refractivity contribution in [3.8, 4) is 0 Å². The fourth-order valence-electron chi connectivity index (χ4n) is 2.90. The van der Waals surface area contributed by atoms with Gasteiger partial charge in [-0.05, 0) is 24.7 Å². The van der Waals surface area contributed by atoms with Gasteiger partial charge >= 0.3 is 0 Å². The first-order valence-electron chi connectivity index (χ1n) is 8.80. The van der Waals surface area contributed by atoms with Crippen molar-refractivity contribution < 1.29 is 24.5 Å². The van der Waals surface area contributed by atoms with Crippen molar-refractivity contribution in [3.05, 3.63) is 0 Å². The third-order valence-corrected chi connectivity index (χ3v) is 4.27. The summed E-state index contributed by atoms with van der Waals surface area (Å²) < 4.78 is 11.4. The Labute approximate surface area is 140 Å². The standard InChI is InChI=1S/C18H34O5/c1-6-14-16(21)15(20)12(2)17(23-14)22-10-8-7-9-13(19)11-18(3,4)5/h12,14-17,20-21H,6-11H2,1-5H3/t12-,14-,15-,16+,17-/m1/s1. The molecule has 0 aromatic carbocycles. The molecule has 136 valence electrons. The number of carbonyl (C=O) groups is 1. The summed E-state index contributed by atoms with van der Waals surface area (Å²) in [7, 11) is 0. The number of hydrogen-bond acceptors (Lipinski definition) is 5. The van der Waals surface area contributed by atoms with Gasteiger partial charge in [-0.3, -0.25) is 4.79 Å². The fourth-order valence-corrected chi connectivity index (χ4v) is 2.90. The summed E-state index contributed by atoms with van der Waals surface area (Å²) in [6.07, 6.45) is 0.849. The predicted octanol–water partition coefficient (Wildman–Crippen LogP) is 2.67. The summed E-state index contributed by atoms with van der Waals surface area (Å²) in [4.78, 5) is 11.8. The molecular formula is C18H34O5. The molecule has 0 amide bonds. The van der Waals surface area contributed by atoms with Crippen LogP contribution in [-0.2, 0) is 14.3 Å². The Balaban J connectivity index is 2.26. The molecule has 1 fully saturated rings. The maximum Gasteiger partial charge on any atom is 0.163 e. The lowest BCUT2D eigenvalue weighted by Crippen LogP contribution is -2.54. The molecule has 5 atom stereocenters. The van der Waals surface area contributed by atoms with Gasteiger partial charge in [0, 0.05) is 25.4 Å². The highest BCUT2D eigenvalue weighted by Gasteiger charge is 2.41. The van der Waals surface area contributed by atoms with E-state index in [9.17, 15) is 15.0 Å². The van der Waals surface area contributed by atoms with E-state index in [-0.39, 0.29) is 17.4 Å². The van der Waals surface area contributed by atoms with Gasteiger partial charge in [-0.1, -0.05) is 34.6 Å². The summed E-state index contributed by atoms with van der Waals surface area (Å²) in [5, 5.41) is 20.0. The van der Waals surface area contributed by atoms with Gasteiger partial charge in [-0.2, -0.15) is 0 Å². The molecule has 0 saturated carbocycles. The number of aliphatic hydroxyl groups is 2. The zero-order valence-electron chi connectivity index (χ0n) is 15.2. The second kappa shape index (κ2) is 9.11. The second-order valence-corrected chi connectivity index (χ2v) is 7.90. The summed E-state index contributed by atoms with van der Waals surface area (Å²) in [6.45, 7) is 10.4. The van der Waals surface area contributed by atoms with Crippen LogP contribution in [0.2, 0.25) is 0 Å². The molecule has 0 aromatic heterocycles. The van der Waals surface area contributed by atoms with E-state index in [0.29, 0.717) is 31.7 Å². The Bertz CT molecular complexity index is 361. The van der Waals surface area contributed by atoms with E-state index in [1.54, 1.807) is 0 Å². The topological polar surface area (TPSA) is 76.0 Å². The summed E-state index contributed by atoms with van der Waals surface area (Å²) in [6, 6.07) is 0. The van der Waals surface area contributed by atoms with Crippen LogP contribution in [0, 0.1) is 11.3 Å². The lowest BCUT2D eigenvalue weighted by Gasteiger charge is -2.41. The molecule has 0 aliphatic carbocycles. The van der Waals surface area contributed by atoms with E-state index in [2.05, 4.69) is 20.8 Å². The van der Waals surface area contributed by atoms with E-state index in [1.807, 2.05) is 13.8 Å². The number of unbranched alkanes of at least 4 members (excludes halogenated alkanes) is 1. The van der Waals surface area contributed by atoms with Crippen molar-refractivity contribution in [1.82, 2.24) is 0 Å². The number of hydrogen-bond donors (Lipinski definition) is 2. The Kier molecular flexibility index (Phi) is 8.14. The smallest absolute Gasteiger partial charge is 0.163 e. The van der Waals surface area contributed by atoms with Crippen LogP contribution in [0.3, 0.4) is 0 Å². The zero-order valence-corrected chi connectivity index (χ0v) is 15.2. The third kappa shape index (κ3) is 6.87. The van der Waals surface area contributed by atoms with E-state index >= 15 is 0 Å². The lowest BCUT2D eigenvalue weighted by molar-refractivity contribution is -0.277. The summed E-state index contributed by atoms with van der Waals surface area (Å²) in [5.74, 6) is 0.0275. The third-order valence-electron chi connectivity index (χ3n) is 4.27. The van der Waals surface area contributed by atoms with Crippen LogP contribution in [0.5, 0.6) is 0 Å². The van der Waals surface area contributed by atoms with Crippen molar-refractivity contribution in [2.24, 2.45) is 11.3 Å². The summed E-state index contributed by atoms with van der Waals surface area (Å²) in [5.41, 5.74) is 0.0467. The maximum absolute atomic E-state index is 11.8. The molecule has 0 unspecified atom stereocenters. The van der Waals surface area contributed by atoms with Crippen molar-refractivity contribution >= 4 is 5.78 Å². The first-order valence-corrected chi connectivity index (χ1v) is 8.80. The van der Waals surface area contributed by atoms with Gasteiger partial charge in [0.25, 0.3) is 0 Å². The van der Waals surface area contributed by atoms with Gasteiger partial charge < -0.3 is 19.7 Å². The molecule has 0 bridgehead atoms. The Hall–Kier alpha value is -0.490. The Morgan fingerprint density at radius 2 is 1.83 bits per heavy atom. The number of aliphatic hydroxyl groups excluding tert-OH is 2. The number of ketones is 1. The number of carbonyl (C=O) groups excluding carboxylic acids is 1. The maximum atomic E-state index is 11.8. The fraction of sp³-hybridized carbons (Fsp3) is 0.944. The SMILES string of the molecule is CC[C@H]1O[C@@H](OCCCCC(=O)CC(C)(C)C)[C@H](C)[C@@H](O)[C@H]1O. The van der Waals surface area contributed by atoms with Crippen LogP contribution in [-0.4, -0.2) is 47.2 Å². The van der Waals surface area contributed by atoms with Gasteiger partial charge in [0.2, 0.25) is 0 Å². The molecule has 5 nitrogen and oxygen atoms in total. The molecule has 1 rings (SSSR count). The molecule has 1 heterocycles. The van der Waals surface area contributed by atoms with Gasteiger partial charge in [0.15, 0.2) is 6.29 Å². The first-order chi connectivity index (χ1) is 10.7. The molecular weight excluding hydrogens is 296 g/mol. The largest absolute Gasteiger partial charge is 0.390 e. The molecule has 0 radical (unpaired) electrons. The highest BCUT2D eigenvalue weighted by Crippen LogP contribution is 2.28. The van der Waals surface area contributed by atoms with Gasteiger partial charge in [0.1, 0.15) is 11.9 Å². The lowest BCUT2D eigenvalue weighted by atomic mass is 9.88. The molecule has 1 aliphatic rings. The van der Waals surface area contributed by atoms with Gasteiger partial charge in [-0.15, -0.1) is 0 Å². The number of Topliss-reactive ketones (excluding diaryl/α,β-unsaturated/α-hetero) is 1. The molecule has 5 heteroatoms. The van der Waals surface area contributed by atoms with Crippen LogP contribution >= 0.6 is 0 Å². The Morgan fingerprint density at radius 3 is 2.39 bits per heavy atom. The minimum Gasteiger partial charge on any atom is -0.390 e. The van der Waals surface area contributed by atoms with Crippen molar-refractivity contribution in [1.29, 1.82) is 0 Å². The average Bonchev–Trinajstić information content (AvgIpc) is 2.44. The average molecular weight is 330 g/mol. The highest BCUT2D eigenvalue weighted by molar-refractivity contribution is 5.78. The first kappa shape index (κ1) is 20.6. The van der Waals surface area contributed by atoms with Crippen LogP contribution < -0.4 is 0 Å². The zero-order chi connectivity index (χ0) is 17.6. The molecule has 1 aliphatic heterocycles. The highest BCUT2D eigenvalue weighted by atomic mass is 16.7. The summed E-state index contributed by atoms with van der Waals surface area (Å²) >= 11 is 0. The van der Waals surface area contributed by atoms with Crippen LogP contribution in [0.25, 0.3) is 0 Å². The molecule has 0 spiro atoms. The number of rotatable bonds is 8. The number of ether oxygens (including phenoxy) is 2. The Morgan fingerprint density at radius 1 is 1.17 bits per heavy atom.